The lowest BCUT2D eigenvalue weighted by Gasteiger charge is -2.35. The van der Waals surface area contributed by atoms with E-state index in [9.17, 15) is 13.2 Å². The SMILES string of the molecule is Cc1cc(Cl)c([C@]2(C)CS(=O)(=O)C3(CC3)C(NC(=O)OC(C)(C)C)=N2)s1. The van der Waals surface area contributed by atoms with Gasteiger partial charge in [-0.15, -0.1) is 11.3 Å². The summed E-state index contributed by atoms with van der Waals surface area (Å²) >= 11 is 7.75. The Balaban J connectivity index is 2.03. The molecule has 6 nitrogen and oxygen atoms in total. The topological polar surface area (TPSA) is 84.8 Å². The average Bonchev–Trinajstić information content (AvgIpc) is 3.15. The lowest BCUT2D eigenvalue weighted by Crippen LogP contribution is -2.53. The summed E-state index contributed by atoms with van der Waals surface area (Å²) in [6, 6.07) is 1.80. The Morgan fingerprint density at radius 3 is 2.46 bits per heavy atom. The maximum absolute atomic E-state index is 13.0. The standard InChI is InChI=1S/C17H23ClN2O4S2/c1-10-8-11(18)12(25-10)16(5)9-26(22,23)17(6-7-17)13(20-16)19-14(21)24-15(2,3)4/h8H,6-7,9H2,1-5H3,(H,19,20,21)/t16-/m0/s1. The third-order valence-electron chi connectivity index (χ3n) is 4.48. The number of hydrogen-bond donors (Lipinski definition) is 1. The third kappa shape index (κ3) is 3.39. The number of thiophene rings is 1. The summed E-state index contributed by atoms with van der Waals surface area (Å²) in [6.45, 7) is 8.89. The highest BCUT2D eigenvalue weighted by atomic mass is 35.5. The van der Waals surface area contributed by atoms with Crippen LogP contribution >= 0.6 is 22.9 Å². The fraction of sp³-hybridized carbons (Fsp3) is 0.647. The largest absolute Gasteiger partial charge is 0.444 e. The maximum Gasteiger partial charge on any atom is 0.413 e. The molecule has 1 aromatic heterocycles. The predicted octanol–water partition coefficient (Wildman–Crippen LogP) is 3.81. The van der Waals surface area contributed by atoms with Crippen LogP contribution in [0.15, 0.2) is 11.1 Å². The zero-order chi connectivity index (χ0) is 19.5. The van der Waals surface area contributed by atoms with Crippen molar-refractivity contribution in [2.24, 2.45) is 4.99 Å². The fourth-order valence-corrected chi connectivity index (χ4v) is 7.18. The van der Waals surface area contributed by atoms with Crippen LogP contribution in [-0.2, 0) is 20.1 Å². The molecule has 2 aliphatic rings. The molecule has 26 heavy (non-hydrogen) atoms. The molecule has 0 radical (unpaired) electrons. The molecule has 0 saturated heterocycles. The van der Waals surface area contributed by atoms with Crippen molar-refractivity contribution >= 4 is 44.7 Å². The number of nitrogens with zero attached hydrogens (tertiary/aromatic N) is 1. The molecule has 1 spiro atoms. The lowest BCUT2D eigenvalue weighted by molar-refractivity contribution is 0.0561. The van der Waals surface area contributed by atoms with Crippen molar-refractivity contribution in [2.45, 2.75) is 63.3 Å². The van der Waals surface area contributed by atoms with E-state index >= 15 is 0 Å². The molecule has 1 saturated carbocycles. The van der Waals surface area contributed by atoms with Gasteiger partial charge in [0.1, 0.15) is 21.7 Å². The number of carbonyl (C=O) groups is 1. The van der Waals surface area contributed by atoms with Crippen LogP contribution in [0.5, 0.6) is 0 Å². The molecule has 2 heterocycles. The summed E-state index contributed by atoms with van der Waals surface area (Å²) in [5.74, 6) is 0.0433. The van der Waals surface area contributed by atoms with Gasteiger partial charge in [-0.2, -0.15) is 0 Å². The van der Waals surface area contributed by atoms with E-state index in [-0.39, 0.29) is 11.6 Å². The van der Waals surface area contributed by atoms with Crippen molar-refractivity contribution < 1.29 is 17.9 Å². The van der Waals surface area contributed by atoms with Gasteiger partial charge in [-0.3, -0.25) is 10.3 Å². The Morgan fingerprint density at radius 1 is 1.38 bits per heavy atom. The maximum atomic E-state index is 13.0. The number of ether oxygens (including phenoxy) is 1. The van der Waals surface area contributed by atoms with E-state index < -0.39 is 31.8 Å². The number of nitrogens with one attached hydrogen (secondary N) is 1. The second kappa shape index (κ2) is 5.94. The number of amidine groups is 1. The average molecular weight is 419 g/mol. The highest BCUT2D eigenvalue weighted by Gasteiger charge is 2.63. The van der Waals surface area contributed by atoms with Crippen molar-refractivity contribution in [1.82, 2.24) is 5.32 Å². The summed E-state index contributed by atoms with van der Waals surface area (Å²) in [5, 5.41) is 3.10. The third-order valence-corrected chi connectivity index (χ3v) is 8.93. The van der Waals surface area contributed by atoms with Gasteiger partial charge in [-0.1, -0.05) is 11.6 Å². The zero-order valence-electron chi connectivity index (χ0n) is 15.5. The van der Waals surface area contributed by atoms with Crippen molar-refractivity contribution in [3.8, 4) is 0 Å². The van der Waals surface area contributed by atoms with Gasteiger partial charge in [-0.05, 0) is 53.5 Å². The Kier molecular flexibility index (Phi) is 4.49. The van der Waals surface area contributed by atoms with E-state index in [1.165, 1.54) is 11.3 Å². The molecule has 1 aliphatic carbocycles. The lowest BCUT2D eigenvalue weighted by atomic mass is 10.0. The molecule has 1 aromatic rings. The molecule has 0 unspecified atom stereocenters. The summed E-state index contributed by atoms with van der Waals surface area (Å²) in [6.07, 6.45) is 0.213. The molecule has 9 heteroatoms. The quantitative estimate of drug-likeness (QED) is 0.751. The van der Waals surface area contributed by atoms with Gasteiger partial charge in [0.15, 0.2) is 9.84 Å². The number of amides is 1. The van der Waals surface area contributed by atoms with Crippen molar-refractivity contribution in [3.05, 3.63) is 20.8 Å². The van der Waals surface area contributed by atoms with E-state index in [1.807, 2.05) is 6.92 Å². The first-order chi connectivity index (χ1) is 11.8. The van der Waals surface area contributed by atoms with Gasteiger partial charge in [0, 0.05) is 4.88 Å². The molecular formula is C17H23ClN2O4S2. The van der Waals surface area contributed by atoms with E-state index in [2.05, 4.69) is 5.32 Å². The number of rotatable bonds is 1. The minimum absolute atomic E-state index is 0.126. The van der Waals surface area contributed by atoms with Crippen LogP contribution in [0.25, 0.3) is 0 Å². The van der Waals surface area contributed by atoms with Gasteiger partial charge in [0.25, 0.3) is 0 Å². The number of aryl methyl sites for hydroxylation is 1. The van der Waals surface area contributed by atoms with Gasteiger partial charge in [0.05, 0.1) is 15.7 Å². The highest BCUT2D eigenvalue weighted by Crippen LogP contribution is 2.52. The van der Waals surface area contributed by atoms with Crippen molar-refractivity contribution in [1.29, 1.82) is 0 Å². The Hall–Kier alpha value is -1.12. The van der Waals surface area contributed by atoms with Crippen molar-refractivity contribution in [3.63, 3.8) is 0 Å². The van der Waals surface area contributed by atoms with E-state index in [4.69, 9.17) is 21.3 Å². The normalized spacial score (nSPS) is 26.3. The van der Waals surface area contributed by atoms with Gasteiger partial charge >= 0.3 is 6.09 Å². The van der Waals surface area contributed by atoms with Crippen LogP contribution in [-0.4, -0.2) is 36.4 Å². The molecule has 1 fully saturated rings. The predicted molar refractivity (Wildman–Crippen MR) is 104 cm³/mol. The molecule has 0 bridgehead atoms. The van der Waals surface area contributed by atoms with Crippen LogP contribution in [0.3, 0.4) is 0 Å². The number of alkyl carbamates (subject to hydrolysis) is 1. The molecule has 3 rings (SSSR count). The Labute approximate surface area is 162 Å². The van der Waals surface area contributed by atoms with Crippen LogP contribution in [0.1, 0.15) is 50.3 Å². The molecule has 1 amide bonds. The van der Waals surface area contributed by atoms with Gasteiger partial charge in [-0.25, -0.2) is 13.2 Å². The highest BCUT2D eigenvalue weighted by molar-refractivity contribution is 7.94. The second-order valence-corrected chi connectivity index (χ2v) is 12.1. The number of halogens is 1. The molecule has 0 aromatic carbocycles. The smallest absolute Gasteiger partial charge is 0.413 e. The Morgan fingerprint density at radius 2 is 2.00 bits per heavy atom. The molecular weight excluding hydrogens is 396 g/mol. The molecule has 1 aliphatic heterocycles. The summed E-state index contributed by atoms with van der Waals surface area (Å²) in [5.41, 5.74) is -1.72. The van der Waals surface area contributed by atoms with Crippen LogP contribution < -0.4 is 5.32 Å². The first-order valence-electron chi connectivity index (χ1n) is 8.37. The molecule has 1 N–H and O–H groups in total. The molecule has 144 valence electrons. The Bertz CT molecular complexity index is 894. The number of hydrogen-bond acceptors (Lipinski definition) is 6. The fourth-order valence-electron chi connectivity index (χ4n) is 3.21. The number of carbonyl (C=O) groups excluding carboxylic acids is 1. The van der Waals surface area contributed by atoms with E-state index in [0.717, 1.165) is 4.88 Å². The summed E-state index contributed by atoms with van der Waals surface area (Å²) < 4.78 is 30.3. The minimum Gasteiger partial charge on any atom is -0.444 e. The van der Waals surface area contributed by atoms with Gasteiger partial charge < -0.3 is 4.74 Å². The first kappa shape index (κ1) is 19.6. The summed E-state index contributed by atoms with van der Waals surface area (Å²) in [7, 11) is -3.50. The van der Waals surface area contributed by atoms with E-state index in [0.29, 0.717) is 22.7 Å². The number of sulfone groups is 1. The minimum atomic E-state index is -3.50. The van der Waals surface area contributed by atoms with Crippen LogP contribution in [0.4, 0.5) is 4.79 Å². The summed E-state index contributed by atoms with van der Waals surface area (Å²) in [4.78, 5) is 18.6. The second-order valence-electron chi connectivity index (χ2n) is 8.15. The molecule has 1 atom stereocenters. The number of aliphatic imine (C=N–C) groups is 1. The zero-order valence-corrected chi connectivity index (χ0v) is 17.9. The van der Waals surface area contributed by atoms with Crippen LogP contribution in [0.2, 0.25) is 5.02 Å². The van der Waals surface area contributed by atoms with E-state index in [1.54, 1.807) is 33.8 Å². The first-order valence-corrected chi connectivity index (χ1v) is 11.2. The van der Waals surface area contributed by atoms with Crippen LogP contribution in [0, 0.1) is 6.92 Å². The monoisotopic (exact) mass is 418 g/mol. The van der Waals surface area contributed by atoms with Gasteiger partial charge in [0.2, 0.25) is 0 Å². The van der Waals surface area contributed by atoms with Crippen molar-refractivity contribution in [2.75, 3.05) is 5.75 Å².